The Hall–Kier alpha value is -2.12. The van der Waals surface area contributed by atoms with Gasteiger partial charge in [-0.1, -0.05) is 0 Å². The quantitative estimate of drug-likeness (QED) is 0.884. The van der Waals surface area contributed by atoms with E-state index in [1.165, 1.54) is 6.07 Å². The van der Waals surface area contributed by atoms with Gasteiger partial charge in [-0.05, 0) is 35.4 Å². The van der Waals surface area contributed by atoms with Crippen LogP contribution in [0.5, 0.6) is 0 Å². The molecule has 0 unspecified atom stereocenters. The summed E-state index contributed by atoms with van der Waals surface area (Å²) < 4.78 is 27.1. The SMILES string of the molecule is CN1C(=O)Cc2cc(S(=O)(=O)NCc3cc[nH]c3)ccc21. The van der Waals surface area contributed by atoms with E-state index in [9.17, 15) is 13.2 Å². The number of nitrogens with zero attached hydrogens (tertiary/aromatic N) is 1. The van der Waals surface area contributed by atoms with Gasteiger partial charge >= 0.3 is 0 Å². The summed E-state index contributed by atoms with van der Waals surface area (Å²) in [6.07, 6.45) is 3.71. The molecule has 1 aromatic carbocycles. The van der Waals surface area contributed by atoms with Crippen molar-refractivity contribution in [3.63, 3.8) is 0 Å². The zero-order chi connectivity index (χ0) is 15.0. The van der Waals surface area contributed by atoms with E-state index in [-0.39, 0.29) is 23.8 Å². The van der Waals surface area contributed by atoms with Gasteiger partial charge in [0, 0.05) is 31.7 Å². The average Bonchev–Trinajstić information content (AvgIpc) is 3.06. The second-order valence-corrected chi connectivity index (χ2v) is 6.73. The first-order valence-electron chi connectivity index (χ1n) is 6.48. The zero-order valence-electron chi connectivity index (χ0n) is 11.5. The van der Waals surface area contributed by atoms with E-state index >= 15 is 0 Å². The predicted molar refractivity (Wildman–Crippen MR) is 78.4 cm³/mol. The van der Waals surface area contributed by atoms with E-state index in [0.29, 0.717) is 0 Å². The summed E-state index contributed by atoms with van der Waals surface area (Å²) in [5.74, 6) is -0.0279. The Bertz CT molecular complexity index is 782. The van der Waals surface area contributed by atoms with Crippen LogP contribution in [-0.2, 0) is 27.8 Å². The van der Waals surface area contributed by atoms with E-state index in [2.05, 4.69) is 9.71 Å². The largest absolute Gasteiger partial charge is 0.367 e. The Morgan fingerprint density at radius 1 is 1.33 bits per heavy atom. The fourth-order valence-electron chi connectivity index (χ4n) is 2.34. The van der Waals surface area contributed by atoms with E-state index in [4.69, 9.17) is 0 Å². The second-order valence-electron chi connectivity index (χ2n) is 4.96. The Morgan fingerprint density at radius 2 is 2.14 bits per heavy atom. The molecule has 3 rings (SSSR count). The molecule has 1 aromatic heterocycles. The highest BCUT2D eigenvalue weighted by atomic mass is 32.2. The van der Waals surface area contributed by atoms with Crippen LogP contribution >= 0.6 is 0 Å². The number of anilines is 1. The summed E-state index contributed by atoms with van der Waals surface area (Å²) in [5, 5.41) is 0. The van der Waals surface area contributed by atoms with Crippen molar-refractivity contribution in [1.82, 2.24) is 9.71 Å². The topological polar surface area (TPSA) is 82.3 Å². The van der Waals surface area contributed by atoms with Gasteiger partial charge in [0.15, 0.2) is 0 Å². The normalized spacial score (nSPS) is 14.5. The van der Waals surface area contributed by atoms with Crippen LogP contribution < -0.4 is 9.62 Å². The number of aromatic nitrogens is 1. The Labute approximate surface area is 122 Å². The van der Waals surface area contributed by atoms with Crippen molar-refractivity contribution in [1.29, 1.82) is 0 Å². The van der Waals surface area contributed by atoms with Crippen molar-refractivity contribution >= 4 is 21.6 Å². The molecule has 0 bridgehead atoms. The molecule has 0 saturated heterocycles. The number of fused-ring (bicyclic) bond motifs is 1. The van der Waals surface area contributed by atoms with Crippen LogP contribution in [0.1, 0.15) is 11.1 Å². The van der Waals surface area contributed by atoms with E-state index < -0.39 is 10.0 Å². The van der Waals surface area contributed by atoms with Crippen molar-refractivity contribution in [3.05, 3.63) is 47.8 Å². The Morgan fingerprint density at radius 3 is 2.86 bits per heavy atom. The Balaban J connectivity index is 1.83. The molecule has 110 valence electrons. The van der Waals surface area contributed by atoms with Crippen LogP contribution in [0, 0.1) is 0 Å². The molecular weight excluding hydrogens is 290 g/mol. The number of carbonyl (C=O) groups excluding carboxylic acids is 1. The van der Waals surface area contributed by atoms with Gasteiger partial charge < -0.3 is 9.88 Å². The van der Waals surface area contributed by atoms with E-state index in [0.717, 1.165) is 16.8 Å². The number of hydrogen-bond acceptors (Lipinski definition) is 3. The van der Waals surface area contributed by atoms with Crippen molar-refractivity contribution in [2.45, 2.75) is 17.9 Å². The zero-order valence-corrected chi connectivity index (χ0v) is 12.3. The minimum atomic E-state index is -3.59. The van der Waals surface area contributed by atoms with Gasteiger partial charge in [-0.15, -0.1) is 0 Å². The van der Waals surface area contributed by atoms with Crippen LogP contribution in [0.3, 0.4) is 0 Å². The third-order valence-electron chi connectivity index (χ3n) is 3.57. The maximum absolute atomic E-state index is 12.3. The number of rotatable bonds is 4. The lowest BCUT2D eigenvalue weighted by molar-refractivity contribution is -0.117. The number of sulfonamides is 1. The molecule has 1 aliphatic heterocycles. The molecule has 2 aromatic rings. The lowest BCUT2D eigenvalue weighted by Gasteiger charge is -2.11. The van der Waals surface area contributed by atoms with Crippen LogP contribution in [0.25, 0.3) is 0 Å². The fraction of sp³-hybridized carbons (Fsp3) is 0.214. The Kier molecular flexibility index (Phi) is 3.30. The monoisotopic (exact) mass is 305 g/mol. The molecule has 0 saturated carbocycles. The first kappa shape index (κ1) is 13.8. The molecule has 0 atom stereocenters. The molecular formula is C14H15N3O3S. The summed E-state index contributed by atoms with van der Waals surface area (Å²) in [7, 11) is -1.90. The summed E-state index contributed by atoms with van der Waals surface area (Å²) in [6.45, 7) is 0.224. The van der Waals surface area contributed by atoms with Gasteiger partial charge in [-0.25, -0.2) is 13.1 Å². The predicted octanol–water partition coefficient (Wildman–Crippen LogP) is 1.01. The van der Waals surface area contributed by atoms with Gasteiger partial charge in [0.05, 0.1) is 11.3 Å². The highest BCUT2D eigenvalue weighted by Crippen LogP contribution is 2.29. The van der Waals surface area contributed by atoms with Crippen molar-refractivity contribution < 1.29 is 13.2 Å². The molecule has 1 aliphatic rings. The first-order valence-corrected chi connectivity index (χ1v) is 7.96. The number of hydrogen-bond donors (Lipinski definition) is 2. The standard InChI is InChI=1S/C14H15N3O3S/c1-17-13-3-2-12(6-11(13)7-14(17)18)21(19,20)16-9-10-4-5-15-8-10/h2-6,8,15-16H,7,9H2,1H3. The van der Waals surface area contributed by atoms with Crippen molar-refractivity contribution in [3.8, 4) is 0 Å². The van der Waals surface area contributed by atoms with Crippen LogP contribution in [0.4, 0.5) is 5.69 Å². The van der Waals surface area contributed by atoms with Crippen molar-refractivity contribution in [2.75, 3.05) is 11.9 Å². The van der Waals surface area contributed by atoms with Gasteiger partial charge in [-0.3, -0.25) is 4.79 Å². The van der Waals surface area contributed by atoms with Gasteiger partial charge in [0.25, 0.3) is 0 Å². The molecule has 6 nitrogen and oxygen atoms in total. The molecule has 7 heteroatoms. The minimum absolute atomic E-state index is 0.0279. The molecule has 2 N–H and O–H groups in total. The second kappa shape index (κ2) is 5.01. The molecule has 0 aliphatic carbocycles. The van der Waals surface area contributed by atoms with Crippen molar-refractivity contribution in [2.24, 2.45) is 0 Å². The number of H-pyrrole nitrogens is 1. The number of aromatic amines is 1. The molecule has 0 fully saturated rings. The number of amides is 1. The number of likely N-dealkylation sites (N-methyl/N-ethyl adjacent to an activating group) is 1. The third-order valence-corrected chi connectivity index (χ3v) is 4.97. The molecule has 1 amide bonds. The molecule has 0 spiro atoms. The molecule has 2 heterocycles. The highest BCUT2D eigenvalue weighted by molar-refractivity contribution is 7.89. The van der Waals surface area contributed by atoms with Gasteiger partial charge in [0.2, 0.25) is 15.9 Å². The average molecular weight is 305 g/mol. The highest BCUT2D eigenvalue weighted by Gasteiger charge is 2.26. The number of benzene rings is 1. The minimum Gasteiger partial charge on any atom is -0.367 e. The summed E-state index contributed by atoms with van der Waals surface area (Å²) >= 11 is 0. The van der Waals surface area contributed by atoms with Crippen LogP contribution in [-0.4, -0.2) is 26.4 Å². The number of nitrogens with one attached hydrogen (secondary N) is 2. The third kappa shape index (κ3) is 2.57. The first-order chi connectivity index (χ1) is 9.97. The fourth-order valence-corrected chi connectivity index (χ4v) is 3.41. The smallest absolute Gasteiger partial charge is 0.240 e. The van der Waals surface area contributed by atoms with E-state index in [1.54, 1.807) is 42.5 Å². The van der Waals surface area contributed by atoms with Crippen LogP contribution in [0.15, 0.2) is 41.6 Å². The lowest BCUT2D eigenvalue weighted by Crippen LogP contribution is -2.23. The molecule has 21 heavy (non-hydrogen) atoms. The summed E-state index contributed by atoms with van der Waals surface area (Å²) in [4.78, 5) is 16.2. The van der Waals surface area contributed by atoms with Gasteiger partial charge in [0.1, 0.15) is 0 Å². The summed E-state index contributed by atoms with van der Waals surface area (Å²) in [5.41, 5.74) is 2.37. The summed E-state index contributed by atoms with van der Waals surface area (Å²) in [6, 6.07) is 6.56. The van der Waals surface area contributed by atoms with Crippen LogP contribution in [0.2, 0.25) is 0 Å². The maximum Gasteiger partial charge on any atom is 0.240 e. The van der Waals surface area contributed by atoms with E-state index in [1.807, 2.05) is 0 Å². The molecule has 0 radical (unpaired) electrons. The number of carbonyl (C=O) groups is 1. The lowest BCUT2D eigenvalue weighted by atomic mass is 10.2. The maximum atomic E-state index is 12.3. The van der Waals surface area contributed by atoms with Gasteiger partial charge in [-0.2, -0.15) is 0 Å².